The van der Waals surface area contributed by atoms with Gasteiger partial charge in [-0.1, -0.05) is 13.0 Å². The van der Waals surface area contributed by atoms with Gasteiger partial charge in [-0.2, -0.15) is 0 Å². The third-order valence-corrected chi connectivity index (χ3v) is 1.41. The van der Waals surface area contributed by atoms with Gasteiger partial charge in [0.15, 0.2) is 0 Å². The molecule has 0 unspecified atom stereocenters. The second kappa shape index (κ2) is 8.27. The monoisotopic (exact) mass is 171 g/mol. The van der Waals surface area contributed by atoms with E-state index in [-0.39, 0.29) is 0 Å². The third-order valence-electron chi connectivity index (χ3n) is 1.41. The van der Waals surface area contributed by atoms with E-state index in [1.54, 1.807) is 6.08 Å². The van der Waals surface area contributed by atoms with Gasteiger partial charge in [0.25, 0.3) is 0 Å². The molecule has 0 aliphatic carbocycles. The van der Waals surface area contributed by atoms with Crippen LogP contribution in [0.1, 0.15) is 26.2 Å². The van der Waals surface area contributed by atoms with Crippen LogP contribution in [-0.2, 0) is 4.79 Å². The summed E-state index contributed by atoms with van der Waals surface area (Å²) in [6.45, 7) is 4.14. The second-order valence-corrected chi connectivity index (χ2v) is 2.63. The van der Waals surface area contributed by atoms with E-state index in [2.05, 4.69) is 12.2 Å². The van der Waals surface area contributed by atoms with Crippen molar-refractivity contribution in [3.8, 4) is 0 Å². The summed E-state index contributed by atoms with van der Waals surface area (Å²) in [5.41, 5.74) is 0. The molecule has 0 aromatic rings. The average Bonchev–Trinajstić information content (AvgIpc) is 2.02. The van der Waals surface area contributed by atoms with Gasteiger partial charge >= 0.3 is 5.97 Å². The lowest BCUT2D eigenvalue weighted by Crippen LogP contribution is -2.15. The summed E-state index contributed by atoms with van der Waals surface area (Å²) in [5.74, 6) is -0.864. The highest BCUT2D eigenvalue weighted by atomic mass is 16.4. The average molecular weight is 171 g/mol. The summed E-state index contributed by atoms with van der Waals surface area (Å²) in [4.78, 5) is 10.0. The van der Waals surface area contributed by atoms with Crippen LogP contribution < -0.4 is 5.32 Å². The van der Waals surface area contributed by atoms with Crippen LogP contribution in [0, 0.1) is 0 Å². The summed E-state index contributed by atoms with van der Waals surface area (Å²) in [6, 6.07) is 0. The number of aliphatic carboxylic acids is 1. The predicted molar refractivity (Wildman–Crippen MR) is 49.2 cm³/mol. The number of carbonyl (C=O) groups is 1. The first-order valence-electron chi connectivity index (χ1n) is 4.37. The molecule has 0 aliphatic rings. The van der Waals surface area contributed by atoms with E-state index in [0.717, 1.165) is 32.4 Å². The molecule has 0 radical (unpaired) electrons. The van der Waals surface area contributed by atoms with Gasteiger partial charge in [-0.3, -0.25) is 0 Å². The maximum absolute atomic E-state index is 10.0. The molecular formula is C9H17NO2. The molecule has 0 aromatic heterocycles. The van der Waals surface area contributed by atoms with E-state index in [1.807, 2.05) is 0 Å². The Morgan fingerprint density at radius 2 is 2.25 bits per heavy atom. The fraction of sp³-hybridized carbons (Fsp3) is 0.667. The lowest BCUT2D eigenvalue weighted by atomic mass is 10.3. The molecule has 0 atom stereocenters. The lowest BCUT2D eigenvalue weighted by molar-refractivity contribution is -0.131. The molecule has 0 fully saturated rings. The highest BCUT2D eigenvalue weighted by molar-refractivity contribution is 5.79. The molecule has 0 amide bonds. The van der Waals surface area contributed by atoms with E-state index in [9.17, 15) is 4.79 Å². The maximum Gasteiger partial charge on any atom is 0.327 e. The Bertz CT molecular complexity index is 143. The Kier molecular flexibility index (Phi) is 7.70. The van der Waals surface area contributed by atoms with Crippen molar-refractivity contribution >= 4 is 5.97 Å². The van der Waals surface area contributed by atoms with Gasteiger partial charge in [-0.25, -0.2) is 4.79 Å². The number of carboxylic acids is 1. The van der Waals surface area contributed by atoms with Crippen molar-refractivity contribution in [3.05, 3.63) is 12.2 Å². The van der Waals surface area contributed by atoms with Crippen LogP contribution in [0.4, 0.5) is 0 Å². The van der Waals surface area contributed by atoms with Crippen molar-refractivity contribution < 1.29 is 9.90 Å². The van der Waals surface area contributed by atoms with E-state index in [1.165, 1.54) is 6.08 Å². The van der Waals surface area contributed by atoms with Gasteiger partial charge < -0.3 is 10.4 Å². The van der Waals surface area contributed by atoms with Gasteiger partial charge in [0.1, 0.15) is 0 Å². The van der Waals surface area contributed by atoms with E-state index < -0.39 is 5.97 Å². The quantitative estimate of drug-likeness (QED) is 0.449. The maximum atomic E-state index is 10.0. The molecule has 3 heteroatoms. The molecule has 2 N–H and O–H groups in total. The number of allylic oxidation sites excluding steroid dienone is 1. The van der Waals surface area contributed by atoms with Crippen LogP contribution in [-0.4, -0.2) is 24.2 Å². The Labute approximate surface area is 73.5 Å². The highest BCUT2D eigenvalue weighted by Gasteiger charge is 1.86. The largest absolute Gasteiger partial charge is 0.478 e. The number of hydrogen-bond acceptors (Lipinski definition) is 2. The zero-order valence-corrected chi connectivity index (χ0v) is 7.55. The van der Waals surface area contributed by atoms with Crippen LogP contribution in [0.5, 0.6) is 0 Å². The van der Waals surface area contributed by atoms with Crippen molar-refractivity contribution in [1.29, 1.82) is 0 Å². The molecule has 0 heterocycles. The lowest BCUT2D eigenvalue weighted by Gasteiger charge is -1.98. The first kappa shape index (κ1) is 11.2. The summed E-state index contributed by atoms with van der Waals surface area (Å²) in [6.07, 6.45) is 5.87. The SMILES string of the molecule is CCCNCCCC=CC(=O)O. The van der Waals surface area contributed by atoms with Crippen molar-refractivity contribution in [1.82, 2.24) is 5.32 Å². The molecule has 70 valence electrons. The first-order chi connectivity index (χ1) is 5.77. The molecule has 0 bridgehead atoms. The van der Waals surface area contributed by atoms with Crippen molar-refractivity contribution in [2.45, 2.75) is 26.2 Å². The standard InChI is InChI=1S/C9H17NO2/c1-2-7-10-8-5-3-4-6-9(11)12/h4,6,10H,2-3,5,7-8H2,1H3,(H,11,12). The van der Waals surface area contributed by atoms with Gasteiger partial charge in [0.2, 0.25) is 0 Å². The summed E-state index contributed by atoms with van der Waals surface area (Å²) in [7, 11) is 0. The number of carboxylic acid groups (broad SMARTS) is 1. The molecule has 0 aliphatic heterocycles. The van der Waals surface area contributed by atoms with E-state index >= 15 is 0 Å². The molecule has 0 rings (SSSR count). The molecule has 12 heavy (non-hydrogen) atoms. The van der Waals surface area contributed by atoms with Crippen LogP contribution in [0.2, 0.25) is 0 Å². The van der Waals surface area contributed by atoms with E-state index in [0.29, 0.717) is 0 Å². The van der Waals surface area contributed by atoms with Crippen molar-refractivity contribution in [3.63, 3.8) is 0 Å². The predicted octanol–water partition coefficient (Wildman–Crippen LogP) is 1.41. The fourth-order valence-corrected chi connectivity index (χ4v) is 0.831. The summed E-state index contributed by atoms with van der Waals surface area (Å²) < 4.78 is 0. The van der Waals surface area contributed by atoms with Crippen LogP contribution in [0.25, 0.3) is 0 Å². The molecular weight excluding hydrogens is 154 g/mol. The zero-order valence-electron chi connectivity index (χ0n) is 7.55. The minimum absolute atomic E-state index is 0.836. The molecule has 0 spiro atoms. The normalized spacial score (nSPS) is 10.8. The van der Waals surface area contributed by atoms with E-state index in [4.69, 9.17) is 5.11 Å². The number of rotatable bonds is 7. The van der Waals surface area contributed by atoms with Crippen LogP contribution >= 0.6 is 0 Å². The molecule has 0 saturated carbocycles. The van der Waals surface area contributed by atoms with Crippen molar-refractivity contribution in [2.75, 3.05) is 13.1 Å². The summed E-state index contributed by atoms with van der Waals surface area (Å²) >= 11 is 0. The molecule has 0 saturated heterocycles. The van der Waals surface area contributed by atoms with Crippen LogP contribution in [0.3, 0.4) is 0 Å². The smallest absolute Gasteiger partial charge is 0.327 e. The first-order valence-corrected chi connectivity index (χ1v) is 4.37. The van der Waals surface area contributed by atoms with Crippen molar-refractivity contribution in [2.24, 2.45) is 0 Å². The summed E-state index contributed by atoms with van der Waals surface area (Å²) in [5, 5.41) is 11.5. The Balaban J connectivity index is 3.05. The van der Waals surface area contributed by atoms with Crippen LogP contribution in [0.15, 0.2) is 12.2 Å². The zero-order chi connectivity index (χ0) is 9.23. The number of nitrogens with one attached hydrogen (secondary N) is 1. The Morgan fingerprint density at radius 1 is 1.50 bits per heavy atom. The Hall–Kier alpha value is -0.830. The minimum atomic E-state index is -0.864. The molecule has 0 aromatic carbocycles. The number of unbranched alkanes of at least 4 members (excludes halogenated alkanes) is 1. The highest BCUT2D eigenvalue weighted by Crippen LogP contribution is 1.88. The third kappa shape index (κ3) is 9.17. The molecule has 3 nitrogen and oxygen atoms in total. The van der Waals surface area contributed by atoms with Gasteiger partial charge in [0, 0.05) is 6.08 Å². The Morgan fingerprint density at radius 3 is 2.83 bits per heavy atom. The minimum Gasteiger partial charge on any atom is -0.478 e. The van der Waals surface area contributed by atoms with Gasteiger partial charge in [0.05, 0.1) is 0 Å². The topological polar surface area (TPSA) is 49.3 Å². The number of hydrogen-bond donors (Lipinski definition) is 2. The second-order valence-electron chi connectivity index (χ2n) is 2.63. The van der Waals surface area contributed by atoms with Gasteiger partial charge in [-0.05, 0) is 32.4 Å². The fourth-order valence-electron chi connectivity index (χ4n) is 0.831. The van der Waals surface area contributed by atoms with Gasteiger partial charge in [-0.15, -0.1) is 0 Å².